The van der Waals surface area contributed by atoms with Gasteiger partial charge in [0.15, 0.2) is 0 Å². The van der Waals surface area contributed by atoms with Crippen LogP contribution in [0.2, 0.25) is 0 Å². The summed E-state index contributed by atoms with van der Waals surface area (Å²) in [6.45, 7) is 0. The first kappa shape index (κ1) is 19.1. The Morgan fingerprint density at radius 3 is 2.38 bits per heavy atom. The van der Waals surface area contributed by atoms with Crippen molar-refractivity contribution < 1.29 is 13.2 Å². The zero-order valence-electron chi connectivity index (χ0n) is 14.6. The quantitative estimate of drug-likeness (QED) is 0.752. The van der Waals surface area contributed by atoms with Gasteiger partial charge in [-0.15, -0.1) is 0 Å². The van der Waals surface area contributed by atoms with E-state index in [-0.39, 0.29) is 16.8 Å². The van der Waals surface area contributed by atoms with Gasteiger partial charge in [-0.25, -0.2) is 12.7 Å². The lowest BCUT2D eigenvalue weighted by Crippen LogP contribution is -2.30. The van der Waals surface area contributed by atoms with E-state index in [0.29, 0.717) is 16.0 Å². The molecule has 1 aliphatic carbocycles. The van der Waals surface area contributed by atoms with Gasteiger partial charge in [-0.05, 0) is 58.5 Å². The van der Waals surface area contributed by atoms with Crippen molar-refractivity contribution >= 4 is 31.9 Å². The Bertz CT molecular complexity index is 910. The molecule has 0 unspecified atom stereocenters. The first-order valence-electron chi connectivity index (χ1n) is 8.38. The minimum atomic E-state index is -3.60. The molecular weight excluding hydrogens is 416 g/mol. The molecule has 1 saturated carbocycles. The van der Waals surface area contributed by atoms with Crippen molar-refractivity contribution in [2.75, 3.05) is 14.1 Å². The Hall–Kier alpha value is -1.70. The van der Waals surface area contributed by atoms with Crippen molar-refractivity contribution in [3.05, 3.63) is 64.1 Å². The van der Waals surface area contributed by atoms with Gasteiger partial charge in [-0.3, -0.25) is 4.79 Å². The van der Waals surface area contributed by atoms with E-state index >= 15 is 0 Å². The molecule has 7 heteroatoms. The molecule has 0 aliphatic heterocycles. The smallest absolute Gasteiger partial charge is 0.252 e. The second-order valence-electron chi connectivity index (χ2n) is 6.63. The minimum Gasteiger partial charge on any atom is -0.345 e. The average Bonchev–Trinajstić information content (AvgIpc) is 3.45. The fourth-order valence-electron chi connectivity index (χ4n) is 2.83. The standard InChI is InChI=1S/C19H21BrN2O3S/c1-22(2)26(24,25)15-10-11-17(20)16(12-15)19(23)21-18(14-8-9-14)13-6-4-3-5-7-13/h3-7,10-12,14,18H,8-9H2,1-2H3,(H,21,23)/t18-/m0/s1. The highest BCUT2D eigenvalue weighted by Crippen LogP contribution is 2.41. The van der Waals surface area contributed by atoms with Crippen molar-refractivity contribution in [2.24, 2.45) is 5.92 Å². The van der Waals surface area contributed by atoms with Gasteiger partial charge >= 0.3 is 0 Å². The van der Waals surface area contributed by atoms with E-state index in [9.17, 15) is 13.2 Å². The van der Waals surface area contributed by atoms with Gasteiger partial charge in [-0.1, -0.05) is 30.3 Å². The molecule has 138 valence electrons. The second-order valence-corrected chi connectivity index (χ2v) is 9.63. The van der Waals surface area contributed by atoms with Gasteiger partial charge in [0.25, 0.3) is 5.91 Å². The highest BCUT2D eigenvalue weighted by Gasteiger charge is 2.34. The van der Waals surface area contributed by atoms with Crippen LogP contribution in [0, 0.1) is 5.92 Å². The SMILES string of the molecule is CN(C)S(=O)(=O)c1ccc(Br)c(C(=O)N[C@@H](c2ccccc2)C2CC2)c1. The van der Waals surface area contributed by atoms with Crippen LogP contribution >= 0.6 is 15.9 Å². The maximum Gasteiger partial charge on any atom is 0.252 e. The number of benzene rings is 2. The molecule has 0 radical (unpaired) electrons. The summed E-state index contributed by atoms with van der Waals surface area (Å²) in [6, 6.07) is 14.3. The lowest BCUT2D eigenvalue weighted by molar-refractivity contribution is 0.0930. The Morgan fingerprint density at radius 1 is 1.15 bits per heavy atom. The minimum absolute atomic E-state index is 0.0651. The van der Waals surface area contributed by atoms with Crippen molar-refractivity contribution in [3.8, 4) is 0 Å². The fourth-order valence-corrected chi connectivity index (χ4v) is 4.19. The van der Waals surface area contributed by atoms with Crippen LogP contribution in [0.5, 0.6) is 0 Å². The van der Waals surface area contributed by atoms with E-state index in [1.54, 1.807) is 6.07 Å². The molecular formula is C19H21BrN2O3S. The molecule has 1 amide bonds. The number of carbonyl (C=O) groups is 1. The lowest BCUT2D eigenvalue weighted by atomic mass is 10.0. The van der Waals surface area contributed by atoms with Gasteiger partial charge in [0.05, 0.1) is 16.5 Å². The van der Waals surface area contributed by atoms with Gasteiger partial charge in [-0.2, -0.15) is 0 Å². The van der Waals surface area contributed by atoms with Crippen LogP contribution < -0.4 is 5.32 Å². The van der Waals surface area contributed by atoms with Crippen molar-refractivity contribution in [1.29, 1.82) is 0 Å². The fraction of sp³-hybridized carbons (Fsp3) is 0.316. The van der Waals surface area contributed by atoms with Crippen LogP contribution in [-0.2, 0) is 10.0 Å². The largest absolute Gasteiger partial charge is 0.345 e. The summed E-state index contributed by atoms with van der Waals surface area (Å²) in [7, 11) is -0.666. The van der Waals surface area contributed by atoms with E-state index in [1.165, 1.54) is 26.2 Å². The first-order valence-corrected chi connectivity index (χ1v) is 10.6. The molecule has 1 atom stereocenters. The Labute approximate surface area is 162 Å². The topological polar surface area (TPSA) is 66.5 Å². The monoisotopic (exact) mass is 436 g/mol. The lowest BCUT2D eigenvalue weighted by Gasteiger charge is -2.20. The molecule has 5 nitrogen and oxygen atoms in total. The van der Waals surface area contributed by atoms with Crippen LogP contribution in [0.15, 0.2) is 57.9 Å². The summed E-state index contributed by atoms with van der Waals surface area (Å²) in [5, 5.41) is 3.08. The number of amides is 1. The number of nitrogens with one attached hydrogen (secondary N) is 1. The Morgan fingerprint density at radius 2 is 1.81 bits per heavy atom. The summed E-state index contributed by atoms with van der Waals surface area (Å²) in [6.07, 6.45) is 2.16. The summed E-state index contributed by atoms with van der Waals surface area (Å²) < 4.78 is 26.4. The molecule has 0 aromatic heterocycles. The molecule has 1 N–H and O–H groups in total. The molecule has 1 aliphatic rings. The number of hydrogen-bond donors (Lipinski definition) is 1. The van der Waals surface area contributed by atoms with Gasteiger partial charge in [0, 0.05) is 18.6 Å². The van der Waals surface area contributed by atoms with Gasteiger partial charge in [0.2, 0.25) is 10.0 Å². The van der Waals surface area contributed by atoms with Crippen LogP contribution in [0.4, 0.5) is 0 Å². The molecule has 26 heavy (non-hydrogen) atoms. The number of halogens is 1. The summed E-state index contributed by atoms with van der Waals surface area (Å²) in [5.74, 6) is 0.141. The number of carbonyl (C=O) groups excluding carboxylic acids is 1. The molecule has 0 bridgehead atoms. The maximum absolute atomic E-state index is 12.9. The second kappa shape index (κ2) is 7.50. The number of rotatable bonds is 6. The molecule has 2 aromatic carbocycles. The highest BCUT2D eigenvalue weighted by molar-refractivity contribution is 9.10. The molecule has 3 rings (SSSR count). The van der Waals surface area contributed by atoms with Crippen LogP contribution in [-0.4, -0.2) is 32.7 Å². The van der Waals surface area contributed by atoms with Crippen molar-refractivity contribution in [2.45, 2.75) is 23.8 Å². The molecule has 2 aromatic rings. The van der Waals surface area contributed by atoms with Crippen molar-refractivity contribution in [1.82, 2.24) is 9.62 Å². The van der Waals surface area contributed by atoms with Crippen LogP contribution in [0.25, 0.3) is 0 Å². The predicted molar refractivity (Wildman–Crippen MR) is 104 cm³/mol. The number of hydrogen-bond acceptors (Lipinski definition) is 3. The van der Waals surface area contributed by atoms with Crippen LogP contribution in [0.1, 0.15) is 34.8 Å². The summed E-state index contributed by atoms with van der Waals surface area (Å²) in [4.78, 5) is 13.0. The zero-order valence-corrected chi connectivity index (χ0v) is 17.0. The van der Waals surface area contributed by atoms with E-state index in [1.807, 2.05) is 30.3 Å². The first-order chi connectivity index (χ1) is 12.3. The third kappa shape index (κ3) is 4.00. The van der Waals surface area contributed by atoms with E-state index in [4.69, 9.17) is 0 Å². The number of sulfonamides is 1. The Kier molecular flexibility index (Phi) is 5.50. The third-order valence-electron chi connectivity index (χ3n) is 4.50. The van der Waals surface area contributed by atoms with Crippen molar-refractivity contribution in [3.63, 3.8) is 0 Å². The molecule has 0 saturated heterocycles. The average molecular weight is 437 g/mol. The maximum atomic E-state index is 12.9. The Balaban J connectivity index is 1.90. The van der Waals surface area contributed by atoms with E-state index < -0.39 is 10.0 Å². The molecule has 0 spiro atoms. The molecule has 0 heterocycles. The van der Waals surface area contributed by atoms with Gasteiger partial charge < -0.3 is 5.32 Å². The number of nitrogens with zero attached hydrogens (tertiary/aromatic N) is 1. The summed E-state index contributed by atoms with van der Waals surface area (Å²) in [5.41, 5.74) is 1.38. The normalized spacial score (nSPS) is 15.7. The summed E-state index contributed by atoms with van der Waals surface area (Å²) >= 11 is 3.36. The van der Waals surface area contributed by atoms with Gasteiger partial charge in [0.1, 0.15) is 0 Å². The highest BCUT2D eigenvalue weighted by atomic mass is 79.9. The van der Waals surface area contributed by atoms with E-state index in [2.05, 4.69) is 21.2 Å². The predicted octanol–water partition coefficient (Wildman–Crippen LogP) is 3.58. The zero-order chi connectivity index (χ0) is 18.9. The van der Waals surface area contributed by atoms with E-state index in [0.717, 1.165) is 22.7 Å². The third-order valence-corrected chi connectivity index (χ3v) is 7.00. The van der Waals surface area contributed by atoms with Crippen LogP contribution in [0.3, 0.4) is 0 Å². The molecule has 1 fully saturated rings.